The molecule has 0 amide bonds. The Morgan fingerprint density at radius 3 is 2.58 bits per heavy atom. The SMILES string of the molecule is S=c1[nH]c2ccc(Cl)cc2n1C1CCN(Cc2ccccc2)CC1. The van der Waals surface area contributed by atoms with Crippen molar-refractivity contribution in [3.63, 3.8) is 0 Å². The van der Waals surface area contributed by atoms with Gasteiger partial charge in [-0.15, -0.1) is 0 Å². The molecule has 0 unspecified atom stereocenters. The molecule has 0 saturated carbocycles. The second-order valence-corrected chi connectivity index (χ2v) is 7.28. The average molecular weight is 358 g/mol. The first-order valence-corrected chi connectivity index (χ1v) is 9.15. The van der Waals surface area contributed by atoms with Gasteiger partial charge in [0.1, 0.15) is 0 Å². The Morgan fingerprint density at radius 1 is 1.08 bits per heavy atom. The lowest BCUT2D eigenvalue weighted by Crippen LogP contribution is -2.34. The molecule has 4 rings (SSSR count). The summed E-state index contributed by atoms with van der Waals surface area (Å²) in [5.74, 6) is 0. The van der Waals surface area contributed by atoms with Crippen LogP contribution in [0.5, 0.6) is 0 Å². The van der Waals surface area contributed by atoms with Crippen molar-refractivity contribution >= 4 is 34.9 Å². The Hall–Kier alpha value is -1.62. The van der Waals surface area contributed by atoms with Crippen LogP contribution in [0.2, 0.25) is 5.02 Å². The number of nitrogens with one attached hydrogen (secondary N) is 1. The number of imidazole rings is 1. The number of nitrogens with zero attached hydrogens (tertiary/aromatic N) is 2. The number of halogens is 1. The fraction of sp³-hybridized carbons (Fsp3) is 0.316. The Labute approximate surface area is 151 Å². The summed E-state index contributed by atoms with van der Waals surface area (Å²) in [4.78, 5) is 5.83. The summed E-state index contributed by atoms with van der Waals surface area (Å²) in [5.41, 5.74) is 3.57. The predicted octanol–water partition coefficient (Wildman–Crippen LogP) is 5.19. The highest BCUT2D eigenvalue weighted by Gasteiger charge is 2.22. The topological polar surface area (TPSA) is 24.0 Å². The molecule has 2 aromatic carbocycles. The van der Waals surface area contributed by atoms with E-state index in [0.717, 1.165) is 53.3 Å². The van der Waals surface area contributed by atoms with Gasteiger partial charge >= 0.3 is 0 Å². The number of benzene rings is 2. The fourth-order valence-electron chi connectivity index (χ4n) is 3.63. The number of rotatable bonds is 3. The summed E-state index contributed by atoms with van der Waals surface area (Å²) in [7, 11) is 0. The van der Waals surface area contributed by atoms with Gasteiger partial charge in [-0.2, -0.15) is 0 Å². The summed E-state index contributed by atoms with van der Waals surface area (Å²) in [6.45, 7) is 3.21. The normalized spacial score (nSPS) is 16.7. The highest BCUT2D eigenvalue weighted by molar-refractivity contribution is 7.71. The van der Waals surface area contributed by atoms with E-state index in [0.29, 0.717) is 6.04 Å². The molecule has 1 aromatic heterocycles. The molecule has 1 fully saturated rings. The highest BCUT2D eigenvalue weighted by Crippen LogP contribution is 2.29. The third kappa shape index (κ3) is 3.14. The van der Waals surface area contributed by atoms with E-state index < -0.39 is 0 Å². The zero-order chi connectivity index (χ0) is 16.5. The molecule has 0 radical (unpaired) electrons. The van der Waals surface area contributed by atoms with Gasteiger partial charge in [0.25, 0.3) is 0 Å². The number of aromatic amines is 1. The van der Waals surface area contributed by atoms with Crippen LogP contribution in [0.25, 0.3) is 11.0 Å². The lowest BCUT2D eigenvalue weighted by atomic mass is 10.0. The molecule has 1 aliphatic heterocycles. The molecule has 1 N–H and O–H groups in total. The maximum atomic E-state index is 6.18. The maximum absolute atomic E-state index is 6.18. The van der Waals surface area contributed by atoms with E-state index >= 15 is 0 Å². The van der Waals surface area contributed by atoms with Crippen molar-refractivity contribution in [2.45, 2.75) is 25.4 Å². The van der Waals surface area contributed by atoms with Crippen molar-refractivity contribution in [2.75, 3.05) is 13.1 Å². The van der Waals surface area contributed by atoms with Crippen molar-refractivity contribution in [1.29, 1.82) is 0 Å². The third-order valence-corrected chi connectivity index (χ3v) is 5.38. The van der Waals surface area contributed by atoms with Gasteiger partial charge in [-0.3, -0.25) is 4.90 Å². The van der Waals surface area contributed by atoms with Gasteiger partial charge in [0.05, 0.1) is 11.0 Å². The maximum Gasteiger partial charge on any atom is 0.178 e. The van der Waals surface area contributed by atoms with E-state index in [1.54, 1.807) is 0 Å². The van der Waals surface area contributed by atoms with Crippen LogP contribution >= 0.6 is 23.8 Å². The van der Waals surface area contributed by atoms with E-state index in [1.807, 2.05) is 18.2 Å². The Morgan fingerprint density at radius 2 is 1.83 bits per heavy atom. The van der Waals surface area contributed by atoms with Crippen molar-refractivity contribution in [3.05, 3.63) is 63.9 Å². The van der Waals surface area contributed by atoms with E-state index in [2.05, 4.69) is 44.8 Å². The van der Waals surface area contributed by atoms with Crippen LogP contribution in [0.3, 0.4) is 0 Å². The summed E-state index contributed by atoms with van der Waals surface area (Å²) < 4.78 is 3.06. The lowest BCUT2D eigenvalue weighted by molar-refractivity contribution is 0.181. The molecular formula is C19H20ClN3S. The van der Waals surface area contributed by atoms with Crippen LogP contribution in [0, 0.1) is 4.77 Å². The quantitative estimate of drug-likeness (QED) is 0.652. The summed E-state index contributed by atoms with van der Waals surface area (Å²) >= 11 is 11.7. The second kappa shape index (κ2) is 6.71. The van der Waals surface area contributed by atoms with Crippen molar-refractivity contribution < 1.29 is 0 Å². The molecular weight excluding hydrogens is 338 g/mol. The van der Waals surface area contributed by atoms with Crippen LogP contribution in [0.4, 0.5) is 0 Å². The Kier molecular flexibility index (Phi) is 4.44. The van der Waals surface area contributed by atoms with E-state index in [9.17, 15) is 0 Å². The Balaban J connectivity index is 1.51. The Bertz CT molecular complexity index is 892. The zero-order valence-corrected chi connectivity index (χ0v) is 15.0. The summed E-state index contributed by atoms with van der Waals surface area (Å²) in [5, 5.41) is 0.756. The largest absolute Gasteiger partial charge is 0.331 e. The van der Waals surface area contributed by atoms with Crippen LogP contribution in [-0.4, -0.2) is 27.5 Å². The first-order valence-electron chi connectivity index (χ1n) is 8.37. The van der Waals surface area contributed by atoms with Crippen LogP contribution < -0.4 is 0 Å². The number of hydrogen-bond acceptors (Lipinski definition) is 2. The molecule has 2 heterocycles. The number of fused-ring (bicyclic) bond motifs is 1. The average Bonchev–Trinajstić information content (AvgIpc) is 2.92. The number of likely N-dealkylation sites (tertiary alicyclic amines) is 1. The molecule has 3 nitrogen and oxygen atoms in total. The molecule has 5 heteroatoms. The van der Waals surface area contributed by atoms with Crippen LogP contribution in [0.15, 0.2) is 48.5 Å². The third-order valence-electron chi connectivity index (χ3n) is 4.85. The van der Waals surface area contributed by atoms with E-state index in [4.69, 9.17) is 23.8 Å². The first-order chi connectivity index (χ1) is 11.7. The van der Waals surface area contributed by atoms with Crippen LogP contribution in [0.1, 0.15) is 24.4 Å². The standard InChI is InChI=1S/C19H20ClN3S/c20-15-6-7-17-18(12-15)23(19(24)21-17)16-8-10-22(11-9-16)13-14-4-2-1-3-5-14/h1-7,12,16H,8-11,13H2,(H,21,24). The van der Waals surface area contributed by atoms with Gasteiger partial charge in [0.2, 0.25) is 0 Å². The van der Waals surface area contributed by atoms with Gasteiger partial charge in [-0.05, 0) is 48.8 Å². The molecule has 0 bridgehead atoms. The minimum Gasteiger partial charge on any atom is -0.331 e. The smallest absolute Gasteiger partial charge is 0.178 e. The van der Waals surface area contributed by atoms with Gasteiger partial charge in [-0.1, -0.05) is 41.9 Å². The van der Waals surface area contributed by atoms with Crippen molar-refractivity contribution in [1.82, 2.24) is 14.5 Å². The predicted molar refractivity (Wildman–Crippen MR) is 102 cm³/mol. The van der Waals surface area contributed by atoms with Gasteiger partial charge in [0, 0.05) is 30.7 Å². The molecule has 24 heavy (non-hydrogen) atoms. The van der Waals surface area contributed by atoms with Gasteiger partial charge in [0.15, 0.2) is 4.77 Å². The van der Waals surface area contributed by atoms with E-state index in [-0.39, 0.29) is 0 Å². The minimum atomic E-state index is 0.441. The minimum absolute atomic E-state index is 0.441. The summed E-state index contributed by atoms with van der Waals surface area (Å²) in [6, 6.07) is 17.1. The summed E-state index contributed by atoms with van der Waals surface area (Å²) in [6.07, 6.45) is 2.22. The van der Waals surface area contributed by atoms with Gasteiger partial charge in [-0.25, -0.2) is 0 Å². The fourth-order valence-corrected chi connectivity index (χ4v) is 4.16. The highest BCUT2D eigenvalue weighted by atomic mass is 35.5. The number of piperidine rings is 1. The van der Waals surface area contributed by atoms with Crippen molar-refractivity contribution in [2.24, 2.45) is 0 Å². The first kappa shape index (κ1) is 15.9. The van der Waals surface area contributed by atoms with Gasteiger partial charge < -0.3 is 9.55 Å². The van der Waals surface area contributed by atoms with Crippen LogP contribution in [-0.2, 0) is 6.54 Å². The molecule has 1 aliphatic rings. The number of hydrogen-bond donors (Lipinski definition) is 1. The monoisotopic (exact) mass is 357 g/mol. The number of H-pyrrole nitrogens is 1. The molecule has 0 atom stereocenters. The molecule has 0 spiro atoms. The molecule has 0 aliphatic carbocycles. The molecule has 1 saturated heterocycles. The second-order valence-electron chi connectivity index (χ2n) is 6.45. The van der Waals surface area contributed by atoms with E-state index in [1.165, 1.54) is 5.56 Å². The van der Waals surface area contributed by atoms with Crippen molar-refractivity contribution in [3.8, 4) is 0 Å². The lowest BCUT2D eigenvalue weighted by Gasteiger charge is -2.33. The molecule has 3 aromatic rings. The molecule has 124 valence electrons. The number of aromatic nitrogens is 2. The zero-order valence-electron chi connectivity index (χ0n) is 13.4.